The van der Waals surface area contributed by atoms with Crippen LogP contribution in [0.2, 0.25) is 0 Å². The molecule has 2 heterocycles. The molecule has 1 atom stereocenters. The second-order valence-electron chi connectivity index (χ2n) is 7.87. The Bertz CT molecular complexity index is 719. The molecule has 2 aliphatic heterocycles. The summed E-state index contributed by atoms with van der Waals surface area (Å²) in [6.07, 6.45) is 4.03. The first-order chi connectivity index (χ1) is 13.5. The Balaban J connectivity index is 1.74. The lowest BCUT2D eigenvalue weighted by Gasteiger charge is -2.37. The quantitative estimate of drug-likeness (QED) is 0.846. The summed E-state index contributed by atoms with van der Waals surface area (Å²) < 4.78 is 0. The molecule has 152 valence electrons. The van der Waals surface area contributed by atoms with Gasteiger partial charge in [0.25, 0.3) is 5.91 Å². The van der Waals surface area contributed by atoms with E-state index in [1.54, 1.807) is 6.07 Å². The molecule has 2 aliphatic rings. The summed E-state index contributed by atoms with van der Waals surface area (Å²) >= 11 is 0. The number of amides is 3. The molecule has 0 aromatic heterocycles. The zero-order chi connectivity index (χ0) is 20.1. The van der Waals surface area contributed by atoms with Crippen molar-refractivity contribution in [2.45, 2.75) is 52.0 Å². The minimum atomic E-state index is -0.524. The summed E-state index contributed by atoms with van der Waals surface area (Å²) in [4.78, 5) is 41.8. The largest absolute Gasteiger partial charge is 0.343 e. The van der Waals surface area contributed by atoms with Crippen molar-refractivity contribution in [1.82, 2.24) is 15.1 Å². The maximum Gasteiger partial charge on any atom is 0.252 e. The Morgan fingerprint density at radius 2 is 1.68 bits per heavy atom. The van der Waals surface area contributed by atoms with Crippen LogP contribution in [0.3, 0.4) is 0 Å². The van der Waals surface area contributed by atoms with Gasteiger partial charge in [-0.25, -0.2) is 0 Å². The average molecular weight is 386 g/mol. The fraction of sp³-hybridized carbons (Fsp3) is 0.591. The predicted molar refractivity (Wildman–Crippen MR) is 108 cm³/mol. The first-order valence-electron chi connectivity index (χ1n) is 10.4. The van der Waals surface area contributed by atoms with Crippen LogP contribution in [0.5, 0.6) is 0 Å². The van der Waals surface area contributed by atoms with Crippen molar-refractivity contribution in [2.75, 3.05) is 26.2 Å². The van der Waals surface area contributed by atoms with Gasteiger partial charge in [-0.2, -0.15) is 0 Å². The first-order valence-corrected chi connectivity index (χ1v) is 10.4. The van der Waals surface area contributed by atoms with Crippen LogP contribution in [0, 0.1) is 12.8 Å². The molecule has 0 saturated carbocycles. The normalized spacial score (nSPS) is 18.8. The summed E-state index contributed by atoms with van der Waals surface area (Å²) in [5.74, 6) is 0.0502. The molecule has 3 rings (SSSR count). The summed E-state index contributed by atoms with van der Waals surface area (Å²) in [6.45, 7) is 6.62. The maximum absolute atomic E-state index is 13.2. The van der Waals surface area contributed by atoms with E-state index in [0.29, 0.717) is 25.1 Å². The van der Waals surface area contributed by atoms with Crippen molar-refractivity contribution in [3.63, 3.8) is 0 Å². The highest BCUT2D eigenvalue weighted by atomic mass is 16.2. The molecule has 0 radical (unpaired) electrons. The molecule has 1 aromatic carbocycles. The predicted octanol–water partition coefficient (Wildman–Crippen LogP) is 2.36. The molecule has 0 spiro atoms. The topological polar surface area (TPSA) is 69.7 Å². The summed E-state index contributed by atoms with van der Waals surface area (Å²) in [5.41, 5.74) is 1.51. The number of piperidine rings is 1. The number of carbonyl (C=O) groups is 3. The molecule has 28 heavy (non-hydrogen) atoms. The monoisotopic (exact) mass is 385 g/mol. The standard InChI is InChI=1S/C22H31N3O3/c1-3-19(26)24-14-10-17(11-15-24)20(22(28)25-12-6-7-13-25)23-21(27)18-9-5-4-8-16(18)2/h4-5,8-9,17,20H,3,6-7,10-15H2,1-2H3,(H,23,27). The summed E-state index contributed by atoms with van der Waals surface area (Å²) in [7, 11) is 0. The second kappa shape index (κ2) is 9.22. The number of likely N-dealkylation sites (tertiary alicyclic amines) is 2. The number of nitrogens with zero attached hydrogens (tertiary/aromatic N) is 2. The molecule has 1 N–H and O–H groups in total. The Morgan fingerprint density at radius 3 is 2.29 bits per heavy atom. The smallest absolute Gasteiger partial charge is 0.252 e. The number of hydrogen-bond donors (Lipinski definition) is 1. The lowest BCUT2D eigenvalue weighted by Crippen LogP contribution is -2.54. The lowest BCUT2D eigenvalue weighted by atomic mass is 9.88. The number of hydrogen-bond acceptors (Lipinski definition) is 3. The summed E-state index contributed by atoms with van der Waals surface area (Å²) in [6, 6.07) is 6.92. The van der Waals surface area contributed by atoms with Crippen molar-refractivity contribution in [3.05, 3.63) is 35.4 Å². The van der Waals surface area contributed by atoms with Gasteiger partial charge in [-0.1, -0.05) is 25.1 Å². The van der Waals surface area contributed by atoms with E-state index in [-0.39, 0.29) is 23.6 Å². The van der Waals surface area contributed by atoms with Gasteiger partial charge < -0.3 is 15.1 Å². The molecule has 6 nitrogen and oxygen atoms in total. The fourth-order valence-corrected chi connectivity index (χ4v) is 4.27. The van der Waals surface area contributed by atoms with E-state index in [4.69, 9.17) is 0 Å². The lowest BCUT2D eigenvalue weighted by molar-refractivity contribution is -0.135. The van der Waals surface area contributed by atoms with Gasteiger partial charge in [0.15, 0.2) is 0 Å². The van der Waals surface area contributed by atoms with Crippen LogP contribution in [0.1, 0.15) is 54.9 Å². The molecule has 2 fully saturated rings. The third-order valence-corrected chi connectivity index (χ3v) is 6.03. The van der Waals surface area contributed by atoms with Gasteiger partial charge in [-0.3, -0.25) is 14.4 Å². The van der Waals surface area contributed by atoms with Gasteiger partial charge in [0.1, 0.15) is 6.04 Å². The zero-order valence-corrected chi connectivity index (χ0v) is 16.9. The SMILES string of the molecule is CCC(=O)N1CCC(C(NC(=O)c2ccccc2C)C(=O)N2CCCC2)CC1. The number of aryl methyl sites for hydroxylation is 1. The molecule has 0 aliphatic carbocycles. The zero-order valence-electron chi connectivity index (χ0n) is 16.9. The third kappa shape index (κ3) is 4.54. The Hall–Kier alpha value is -2.37. The summed E-state index contributed by atoms with van der Waals surface area (Å²) in [5, 5.41) is 3.04. The molecule has 2 saturated heterocycles. The van der Waals surface area contributed by atoms with E-state index in [9.17, 15) is 14.4 Å². The van der Waals surface area contributed by atoms with Crippen molar-refractivity contribution in [2.24, 2.45) is 5.92 Å². The number of carbonyl (C=O) groups excluding carboxylic acids is 3. The van der Waals surface area contributed by atoms with E-state index in [1.807, 2.05) is 41.8 Å². The Kier molecular flexibility index (Phi) is 6.70. The van der Waals surface area contributed by atoms with E-state index >= 15 is 0 Å². The molecule has 6 heteroatoms. The van der Waals surface area contributed by atoms with E-state index in [0.717, 1.165) is 44.3 Å². The van der Waals surface area contributed by atoms with Crippen LogP contribution in [0.15, 0.2) is 24.3 Å². The first kappa shape index (κ1) is 20.4. The second-order valence-corrected chi connectivity index (χ2v) is 7.87. The van der Waals surface area contributed by atoms with Crippen LogP contribution >= 0.6 is 0 Å². The van der Waals surface area contributed by atoms with Crippen molar-refractivity contribution in [3.8, 4) is 0 Å². The van der Waals surface area contributed by atoms with Crippen LogP contribution < -0.4 is 5.32 Å². The number of benzene rings is 1. The molecule has 3 amide bonds. The molecular formula is C22H31N3O3. The van der Waals surface area contributed by atoms with Crippen LogP contribution in [-0.4, -0.2) is 59.7 Å². The highest BCUT2D eigenvalue weighted by molar-refractivity contribution is 5.98. The van der Waals surface area contributed by atoms with Gasteiger partial charge in [0.05, 0.1) is 0 Å². The van der Waals surface area contributed by atoms with Crippen molar-refractivity contribution in [1.29, 1.82) is 0 Å². The van der Waals surface area contributed by atoms with E-state index in [1.165, 1.54) is 0 Å². The van der Waals surface area contributed by atoms with Gasteiger partial charge >= 0.3 is 0 Å². The maximum atomic E-state index is 13.2. The van der Waals surface area contributed by atoms with E-state index < -0.39 is 6.04 Å². The van der Waals surface area contributed by atoms with Crippen LogP contribution in [0.4, 0.5) is 0 Å². The molecule has 0 bridgehead atoms. The number of nitrogens with one attached hydrogen (secondary N) is 1. The molecular weight excluding hydrogens is 354 g/mol. The van der Waals surface area contributed by atoms with Gasteiger partial charge in [-0.15, -0.1) is 0 Å². The van der Waals surface area contributed by atoms with Crippen molar-refractivity contribution < 1.29 is 14.4 Å². The molecule has 1 unspecified atom stereocenters. The minimum absolute atomic E-state index is 0.0275. The van der Waals surface area contributed by atoms with Crippen LogP contribution in [0.25, 0.3) is 0 Å². The van der Waals surface area contributed by atoms with Gasteiger partial charge in [0, 0.05) is 38.2 Å². The fourth-order valence-electron chi connectivity index (χ4n) is 4.27. The highest BCUT2D eigenvalue weighted by Gasteiger charge is 2.36. The highest BCUT2D eigenvalue weighted by Crippen LogP contribution is 2.24. The average Bonchev–Trinajstić information content (AvgIpc) is 3.26. The minimum Gasteiger partial charge on any atom is -0.343 e. The molecule has 1 aromatic rings. The number of rotatable bonds is 5. The van der Waals surface area contributed by atoms with Gasteiger partial charge in [-0.05, 0) is 50.2 Å². The Morgan fingerprint density at radius 1 is 1.04 bits per heavy atom. The third-order valence-electron chi connectivity index (χ3n) is 6.03. The van der Waals surface area contributed by atoms with Crippen LogP contribution in [-0.2, 0) is 9.59 Å². The van der Waals surface area contributed by atoms with E-state index in [2.05, 4.69) is 5.32 Å². The van der Waals surface area contributed by atoms with Crippen molar-refractivity contribution >= 4 is 17.7 Å². The van der Waals surface area contributed by atoms with Gasteiger partial charge in [0.2, 0.25) is 11.8 Å². The Labute approximate surface area is 167 Å².